The van der Waals surface area contributed by atoms with Crippen LogP contribution in [0.2, 0.25) is 0 Å². The van der Waals surface area contributed by atoms with E-state index in [1.807, 2.05) is 7.05 Å². The Balaban J connectivity index is 2.27. The third kappa shape index (κ3) is 5.19. The minimum absolute atomic E-state index is 0.401. The van der Waals surface area contributed by atoms with E-state index >= 15 is 0 Å². The molecule has 1 rings (SSSR count). The highest BCUT2D eigenvalue weighted by atomic mass is 19.3. The Morgan fingerprint density at radius 3 is 2.50 bits per heavy atom. The lowest BCUT2D eigenvalue weighted by Gasteiger charge is -2.36. The molecular formula is C14H27F2NO. The summed E-state index contributed by atoms with van der Waals surface area (Å²) in [4.78, 5) is 0. The van der Waals surface area contributed by atoms with Crippen molar-refractivity contribution in [2.45, 2.75) is 52.0 Å². The van der Waals surface area contributed by atoms with Crippen molar-refractivity contribution in [1.29, 1.82) is 0 Å². The molecule has 1 aliphatic rings. The molecule has 4 atom stereocenters. The van der Waals surface area contributed by atoms with E-state index in [1.54, 1.807) is 0 Å². The fourth-order valence-corrected chi connectivity index (χ4v) is 2.95. The van der Waals surface area contributed by atoms with Crippen LogP contribution in [0.5, 0.6) is 0 Å². The van der Waals surface area contributed by atoms with Gasteiger partial charge in [-0.2, -0.15) is 0 Å². The number of hydrogen-bond donors (Lipinski definition) is 1. The Hall–Kier alpha value is -0.220. The van der Waals surface area contributed by atoms with Crippen LogP contribution in [0.25, 0.3) is 0 Å². The molecule has 0 aromatic heterocycles. The zero-order chi connectivity index (χ0) is 13.5. The molecule has 0 bridgehead atoms. The summed E-state index contributed by atoms with van der Waals surface area (Å²) in [6.45, 7) is 4.63. The average molecular weight is 263 g/mol. The van der Waals surface area contributed by atoms with Gasteiger partial charge in [-0.3, -0.25) is 0 Å². The fraction of sp³-hybridized carbons (Fsp3) is 1.00. The van der Waals surface area contributed by atoms with Gasteiger partial charge < -0.3 is 10.1 Å². The van der Waals surface area contributed by atoms with Crippen LogP contribution < -0.4 is 5.32 Å². The summed E-state index contributed by atoms with van der Waals surface area (Å²) < 4.78 is 28.9. The van der Waals surface area contributed by atoms with Gasteiger partial charge in [0.2, 0.25) is 0 Å². The molecule has 0 aliphatic heterocycles. The van der Waals surface area contributed by atoms with E-state index in [1.165, 1.54) is 19.3 Å². The minimum Gasteiger partial charge on any atom is -0.375 e. The molecule has 0 spiro atoms. The molecule has 2 nitrogen and oxygen atoms in total. The third-order valence-electron chi connectivity index (χ3n) is 4.40. The molecule has 1 N–H and O–H groups in total. The fourth-order valence-electron chi connectivity index (χ4n) is 2.95. The molecule has 0 radical (unpaired) electrons. The summed E-state index contributed by atoms with van der Waals surface area (Å²) >= 11 is 0. The van der Waals surface area contributed by atoms with Gasteiger partial charge in [-0.15, -0.1) is 0 Å². The number of ether oxygens (including phenoxy) is 1. The summed E-state index contributed by atoms with van der Waals surface area (Å²) in [5, 5.41) is 3.33. The highest BCUT2D eigenvalue weighted by Gasteiger charge is 2.29. The zero-order valence-electron chi connectivity index (χ0n) is 11.8. The van der Waals surface area contributed by atoms with Gasteiger partial charge in [-0.1, -0.05) is 20.3 Å². The van der Waals surface area contributed by atoms with Crippen LogP contribution in [-0.4, -0.2) is 32.7 Å². The zero-order valence-corrected chi connectivity index (χ0v) is 11.8. The maximum absolute atomic E-state index is 11.9. The first-order valence-electron chi connectivity index (χ1n) is 7.07. The first-order valence-corrected chi connectivity index (χ1v) is 7.07. The molecule has 108 valence electrons. The number of hydrogen-bond acceptors (Lipinski definition) is 2. The first-order chi connectivity index (χ1) is 8.54. The monoisotopic (exact) mass is 263 g/mol. The van der Waals surface area contributed by atoms with Gasteiger partial charge in [-0.25, -0.2) is 8.78 Å². The standard InChI is InChI=1S/C14H27F2NO/c1-10-4-5-12(8-11(10)2)13(17-3)6-7-18-9-14(15)16/h10-14,17H,4-9H2,1-3H3. The second-order valence-electron chi connectivity index (χ2n) is 5.68. The van der Waals surface area contributed by atoms with Crippen molar-refractivity contribution in [3.05, 3.63) is 0 Å². The molecule has 1 saturated carbocycles. The van der Waals surface area contributed by atoms with Crippen LogP contribution in [0.15, 0.2) is 0 Å². The molecule has 18 heavy (non-hydrogen) atoms. The summed E-state index contributed by atoms with van der Waals surface area (Å²) in [5.41, 5.74) is 0. The van der Waals surface area contributed by atoms with Crippen molar-refractivity contribution in [2.24, 2.45) is 17.8 Å². The number of alkyl halides is 2. The molecular weight excluding hydrogens is 236 g/mol. The quantitative estimate of drug-likeness (QED) is 0.711. The van der Waals surface area contributed by atoms with Crippen molar-refractivity contribution in [3.8, 4) is 0 Å². The molecule has 1 fully saturated rings. The Morgan fingerprint density at radius 1 is 1.22 bits per heavy atom. The average Bonchev–Trinajstić information content (AvgIpc) is 2.33. The highest BCUT2D eigenvalue weighted by molar-refractivity contribution is 4.83. The summed E-state index contributed by atoms with van der Waals surface area (Å²) in [7, 11) is 1.96. The molecule has 0 amide bonds. The van der Waals surface area contributed by atoms with Crippen LogP contribution in [0.4, 0.5) is 8.78 Å². The van der Waals surface area contributed by atoms with Crippen LogP contribution in [-0.2, 0) is 4.74 Å². The van der Waals surface area contributed by atoms with E-state index in [0.717, 1.165) is 18.3 Å². The van der Waals surface area contributed by atoms with Crippen molar-refractivity contribution >= 4 is 0 Å². The lowest BCUT2D eigenvalue weighted by molar-refractivity contribution is 0.0114. The second-order valence-corrected chi connectivity index (χ2v) is 5.68. The van der Waals surface area contributed by atoms with Crippen molar-refractivity contribution < 1.29 is 13.5 Å². The number of nitrogens with one attached hydrogen (secondary N) is 1. The van der Waals surface area contributed by atoms with E-state index in [2.05, 4.69) is 19.2 Å². The van der Waals surface area contributed by atoms with Gasteiger partial charge in [0.05, 0.1) is 0 Å². The summed E-state index contributed by atoms with van der Waals surface area (Å²) in [6, 6.07) is 0.401. The van der Waals surface area contributed by atoms with E-state index in [4.69, 9.17) is 4.74 Å². The predicted octanol–water partition coefficient (Wildman–Crippen LogP) is 3.32. The highest BCUT2D eigenvalue weighted by Crippen LogP contribution is 2.35. The van der Waals surface area contributed by atoms with Crippen LogP contribution in [0, 0.1) is 17.8 Å². The second kappa shape index (κ2) is 8.05. The Bertz CT molecular complexity index is 226. The topological polar surface area (TPSA) is 21.3 Å². The minimum atomic E-state index is -2.35. The predicted molar refractivity (Wildman–Crippen MR) is 70.0 cm³/mol. The Labute approximate surface area is 109 Å². The number of halogens is 2. The maximum Gasteiger partial charge on any atom is 0.261 e. The van der Waals surface area contributed by atoms with Gasteiger partial charge in [0.1, 0.15) is 6.61 Å². The third-order valence-corrected chi connectivity index (χ3v) is 4.40. The smallest absolute Gasteiger partial charge is 0.261 e. The molecule has 0 saturated heterocycles. The van der Waals surface area contributed by atoms with E-state index in [9.17, 15) is 8.78 Å². The van der Waals surface area contributed by atoms with Crippen molar-refractivity contribution in [3.63, 3.8) is 0 Å². The van der Waals surface area contributed by atoms with Gasteiger partial charge in [-0.05, 0) is 44.1 Å². The lowest BCUT2D eigenvalue weighted by Crippen LogP contribution is -2.38. The molecule has 4 unspecified atom stereocenters. The van der Waals surface area contributed by atoms with Crippen molar-refractivity contribution in [1.82, 2.24) is 5.32 Å². The van der Waals surface area contributed by atoms with Gasteiger partial charge in [0.25, 0.3) is 6.43 Å². The van der Waals surface area contributed by atoms with Crippen molar-refractivity contribution in [2.75, 3.05) is 20.3 Å². The van der Waals surface area contributed by atoms with Gasteiger partial charge >= 0.3 is 0 Å². The number of rotatable bonds is 7. The Kier molecular flexibility index (Phi) is 7.08. The van der Waals surface area contributed by atoms with Crippen LogP contribution >= 0.6 is 0 Å². The molecule has 0 aromatic rings. The van der Waals surface area contributed by atoms with Crippen LogP contribution in [0.3, 0.4) is 0 Å². The van der Waals surface area contributed by atoms with Gasteiger partial charge in [0.15, 0.2) is 0 Å². The van der Waals surface area contributed by atoms with Gasteiger partial charge in [0, 0.05) is 12.6 Å². The molecule has 0 aromatic carbocycles. The first kappa shape index (κ1) is 15.8. The van der Waals surface area contributed by atoms with E-state index in [-0.39, 0.29) is 0 Å². The molecule has 4 heteroatoms. The summed E-state index contributed by atoms with van der Waals surface area (Å²) in [6.07, 6.45) is 2.23. The summed E-state index contributed by atoms with van der Waals surface area (Å²) in [5.74, 6) is 2.24. The van der Waals surface area contributed by atoms with Crippen LogP contribution in [0.1, 0.15) is 39.5 Å². The van der Waals surface area contributed by atoms with E-state index in [0.29, 0.717) is 18.6 Å². The Morgan fingerprint density at radius 2 is 1.94 bits per heavy atom. The molecule has 1 aliphatic carbocycles. The lowest BCUT2D eigenvalue weighted by atomic mass is 9.73. The largest absolute Gasteiger partial charge is 0.375 e. The molecule has 0 heterocycles. The maximum atomic E-state index is 11.9. The normalized spacial score (nSPS) is 30.7. The van der Waals surface area contributed by atoms with E-state index < -0.39 is 13.0 Å². The SMILES string of the molecule is CNC(CCOCC(F)F)C1CCC(C)C(C)C1.